The molecule has 4 aromatic rings. The van der Waals surface area contributed by atoms with Gasteiger partial charge in [0.15, 0.2) is 29.3 Å². The number of hydrazine groups is 1. The van der Waals surface area contributed by atoms with Crippen LogP contribution in [-0.2, 0) is 4.79 Å². The van der Waals surface area contributed by atoms with Crippen LogP contribution in [0, 0.1) is 19.7 Å². The number of nitrogens with zero attached hydrogens (tertiary/aromatic N) is 2. The van der Waals surface area contributed by atoms with Crippen molar-refractivity contribution in [2.45, 2.75) is 26.9 Å². The Morgan fingerprint density at radius 1 is 1.12 bits per heavy atom. The van der Waals surface area contributed by atoms with Gasteiger partial charge < -0.3 is 9.15 Å². The van der Waals surface area contributed by atoms with Gasteiger partial charge in [0.25, 0.3) is 11.8 Å². The Bertz CT molecular complexity index is 1300. The van der Waals surface area contributed by atoms with Crippen molar-refractivity contribution in [2.24, 2.45) is 0 Å². The van der Waals surface area contributed by atoms with Gasteiger partial charge in [0, 0.05) is 5.39 Å². The van der Waals surface area contributed by atoms with Gasteiger partial charge in [-0.1, -0.05) is 12.1 Å². The zero-order valence-electron chi connectivity index (χ0n) is 17.4. The van der Waals surface area contributed by atoms with Gasteiger partial charge in [0.2, 0.25) is 0 Å². The van der Waals surface area contributed by atoms with Gasteiger partial charge in [0.1, 0.15) is 4.83 Å². The fourth-order valence-electron chi connectivity index (χ4n) is 3.13. The summed E-state index contributed by atoms with van der Waals surface area (Å²) in [6, 6.07) is 9.26. The number of aryl methyl sites for hydroxylation is 2. The van der Waals surface area contributed by atoms with Crippen LogP contribution in [-0.4, -0.2) is 27.9 Å². The van der Waals surface area contributed by atoms with E-state index in [0.29, 0.717) is 32.5 Å². The lowest BCUT2D eigenvalue weighted by Crippen LogP contribution is -2.47. The Labute approximate surface area is 186 Å². The number of fused-ring (bicyclic) bond motifs is 1. The van der Waals surface area contributed by atoms with E-state index < -0.39 is 23.7 Å². The molecule has 0 saturated carbocycles. The number of nitrogens with one attached hydrogen (secondary N) is 2. The average Bonchev–Trinajstić information content (AvgIpc) is 3.42. The lowest BCUT2D eigenvalue weighted by Gasteiger charge is -2.15. The largest absolute Gasteiger partial charge is 0.478 e. The van der Waals surface area contributed by atoms with Crippen LogP contribution >= 0.6 is 11.3 Å². The van der Waals surface area contributed by atoms with Crippen LogP contribution in [0.25, 0.3) is 21.8 Å². The summed E-state index contributed by atoms with van der Waals surface area (Å²) in [6.45, 7) is 5.08. The van der Waals surface area contributed by atoms with Crippen molar-refractivity contribution < 1.29 is 23.1 Å². The summed E-state index contributed by atoms with van der Waals surface area (Å²) in [5, 5.41) is 0.776. The number of hydrogen-bond acceptors (Lipinski definition) is 7. The van der Waals surface area contributed by atoms with Gasteiger partial charge in [0.05, 0.1) is 16.8 Å². The first kappa shape index (κ1) is 21.4. The van der Waals surface area contributed by atoms with Crippen molar-refractivity contribution in [3.05, 3.63) is 64.6 Å². The molecule has 2 amide bonds. The zero-order valence-corrected chi connectivity index (χ0v) is 18.2. The minimum Gasteiger partial charge on any atom is -0.478 e. The third-order valence-electron chi connectivity index (χ3n) is 4.73. The number of aromatic nitrogens is 2. The molecule has 0 aliphatic carbocycles. The minimum absolute atomic E-state index is 0.0526. The van der Waals surface area contributed by atoms with Gasteiger partial charge in [-0.05, 0) is 50.6 Å². The normalized spacial score (nSPS) is 11.9. The third-order valence-corrected chi connectivity index (χ3v) is 5.91. The van der Waals surface area contributed by atoms with E-state index in [9.17, 15) is 14.0 Å². The van der Waals surface area contributed by atoms with E-state index in [1.54, 1.807) is 25.1 Å². The van der Waals surface area contributed by atoms with Crippen molar-refractivity contribution in [3.63, 3.8) is 0 Å². The minimum atomic E-state index is -1.03. The molecule has 2 N–H and O–H groups in total. The number of hydrogen-bond donors (Lipinski definition) is 2. The number of benzene rings is 1. The van der Waals surface area contributed by atoms with Crippen LogP contribution in [0.1, 0.15) is 27.9 Å². The second kappa shape index (κ2) is 8.75. The van der Waals surface area contributed by atoms with Crippen LogP contribution in [0.2, 0.25) is 0 Å². The van der Waals surface area contributed by atoms with Crippen LogP contribution in [0.4, 0.5) is 4.39 Å². The summed E-state index contributed by atoms with van der Waals surface area (Å²) in [4.78, 5) is 35.0. The predicted octanol–water partition coefficient (Wildman–Crippen LogP) is 3.94. The van der Waals surface area contributed by atoms with Gasteiger partial charge in [-0.2, -0.15) is 0 Å². The first-order valence-electron chi connectivity index (χ1n) is 9.68. The van der Waals surface area contributed by atoms with Crippen molar-refractivity contribution in [2.75, 3.05) is 0 Å². The van der Waals surface area contributed by atoms with Crippen molar-refractivity contribution in [3.8, 4) is 17.3 Å². The number of rotatable bonds is 5. The molecule has 0 aliphatic heterocycles. The highest BCUT2D eigenvalue weighted by atomic mass is 32.1. The van der Waals surface area contributed by atoms with Crippen molar-refractivity contribution >= 4 is 33.4 Å². The Morgan fingerprint density at radius 2 is 1.91 bits per heavy atom. The molecule has 10 heteroatoms. The Balaban J connectivity index is 1.48. The smallest absolute Gasteiger partial charge is 0.280 e. The first-order chi connectivity index (χ1) is 15.3. The molecule has 164 valence electrons. The number of para-hydroxylation sites is 1. The van der Waals surface area contributed by atoms with E-state index in [-0.39, 0.29) is 5.75 Å². The number of furan rings is 1. The fraction of sp³-hybridized carbons (Fsp3) is 0.182. The summed E-state index contributed by atoms with van der Waals surface area (Å²) in [6.07, 6.45) is 0.510. The molecule has 32 heavy (non-hydrogen) atoms. The fourth-order valence-corrected chi connectivity index (χ4v) is 4.26. The Morgan fingerprint density at radius 3 is 2.62 bits per heavy atom. The maximum absolute atomic E-state index is 13.7. The summed E-state index contributed by atoms with van der Waals surface area (Å²) in [7, 11) is 0. The topological polar surface area (TPSA) is 106 Å². The van der Waals surface area contributed by atoms with Crippen LogP contribution in [0.15, 0.2) is 47.1 Å². The van der Waals surface area contributed by atoms with Gasteiger partial charge >= 0.3 is 0 Å². The van der Waals surface area contributed by atoms with Gasteiger partial charge in [-0.15, -0.1) is 11.3 Å². The van der Waals surface area contributed by atoms with Crippen molar-refractivity contribution in [1.82, 2.24) is 20.8 Å². The summed E-state index contributed by atoms with van der Waals surface area (Å²) < 4.78 is 24.4. The molecule has 1 aromatic carbocycles. The molecule has 0 aliphatic rings. The van der Waals surface area contributed by atoms with E-state index in [1.165, 1.54) is 42.7 Å². The molecular weight excluding hydrogens is 435 g/mol. The van der Waals surface area contributed by atoms with Gasteiger partial charge in [-0.25, -0.2) is 14.4 Å². The molecule has 0 spiro atoms. The molecular formula is C22H19FN4O4S. The van der Waals surface area contributed by atoms with E-state index in [0.717, 1.165) is 5.39 Å². The highest BCUT2D eigenvalue weighted by Gasteiger charge is 2.22. The summed E-state index contributed by atoms with van der Waals surface area (Å²) in [5.74, 6) is -0.804. The van der Waals surface area contributed by atoms with E-state index in [1.807, 2.05) is 6.92 Å². The maximum Gasteiger partial charge on any atom is 0.280 e. The Kier molecular flexibility index (Phi) is 5.87. The zero-order chi connectivity index (χ0) is 22.8. The number of halogens is 1. The molecule has 1 atom stereocenters. The van der Waals surface area contributed by atoms with E-state index in [4.69, 9.17) is 9.15 Å². The number of ether oxygens (including phenoxy) is 1. The van der Waals surface area contributed by atoms with Crippen LogP contribution in [0.5, 0.6) is 5.75 Å². The number of carbonyl (C=O) groups is 2. The lowest BCUT2D eigenvalue weighted by atomic mass is 10.1. The molecule has 0 fully saturated rings. The average molecular weight is 454 g/mol. The number of amides is 2. The van der Waals surface area contributed by atoms with E-state index in [2.05, 4.69) is 20.8 Å². The van der Waals surface area contributed by atoms with Crippen LogP contribution in [0.3, 0.4) is 0 Å². The molecule has 3 heterocycles. The molecule has 4 rings (SSSR count). The second-order valence-electron chi connectivity index (χ2n) is 6.98. The number of carbonyl (C=O) groups excluding carboxylic acids is 2. The first-order valence-corrected chi connectivity index (χ1v) is 10.5. The molecule has 3 aromatic heterocycles. The summed E-state index contributed by atoms with van der Waals surface area (Å²) in [5.41, 5.74) is 6.10. The molecule has 0 bridgehead atoms. The number of thiophene rings is 1. The van der Waals surface area contributed by atoms with Crippen molar-refractivity contribution in [1.29, 1.82) is 0 Å². The molecule has 0 saturated heterocycles. The monoisotopic (exact) mass is 454 g/mol. The highest BCUT2D eigenvalue weighted by molar-refractivity contribution is 7.20. The van der Waals surface area contributed by atoms with E-state index >= 15 is 0 Å². The molecule has 8 nitrogen and oxygen atoms in total. The third kappa shape index (κ3) is 4.17. The van der Waals surface area contributed by atoms with Gasteiger partial charge in [-0.3, -0.25) is 20.4 Å². The Hall–Kier alpha value is -3.79. The SMILES string of the molecule is Cc1nc(-c2ccco2)nc2sc(C(=O)NNC(=O)C(C)Oc3ccccc3F)c(C)c12. The standard InChI is InChI=1S/C22H19FN4O4S/c1-11-17-12(2)24-19(16-9-6-10-30-16)25-22(17)32-18(11)21(29)27-26-20(28)13(3)31-15-8-5-4-7-14(15)23/h4-10,13H,1-3H3,(H,26,28)(H,27,29). The van der Waals surface area contributed by atoms with Crippen LogP contribution < -0.4 is 15.6 Å². The highest BCUT2D eigenvalue weighted by Crippen LogP contribution is 2.32. The quantitative estimate of drug-likeness (QED) is 0.443. The molecule has 1 unspecified atom stereocenters. The predicted molar refractivity (Wildman–Crippen MR) is 117 cm³/mol. The molecule has 0 radical (unpaired) electrons. The maximum atomic E-state index is 13.7. The lowest BCUT2D eigenvalue weighted by molar-refractivity contribution is -0.128. The summed E-state index contributed by atoms with van der Waals surface area (Å²) >= 11 is 1.19. The second-order valence-corrected chi connectivity index (χ2v) is 7.98.